The summed E-state index contributed by atoms with van der Waals surface area (Å²) in [5.41, 5.74) is 8.76. The molecule has 0 radical (unpaired) electrons. The minimum absolute atomic E-state index is 0.0652. The average molecular weight is 236 g/mol. The van der Waals surface area contributed by atoms with Gasteiger partial charge in [0.05, 0.1) is 11.2 Å². The summed E-state index contributed by atoms with van der Waals surface area (Å²) in [7, 11) is 0. The summed E-state index contributed by atoms with van der Waals surface area (Å²) in [5.74, 6) is 0. The number of halogens is 1. The number of aromatic nitrogens is 2. The lowest BCUT2D eigenvalue weighted by Crippen LogP contribution is -2.19. The summed E-state index contributed by atoms with van der Waals surface area (Å²) < 4.78 is 0. The van der Waals surface area contributed by atoms with Gasteiger partial charge in [-0.2, -0.15) is 0 Å². The van der Waals surface area contributed by atoms with Crippen molar-refractivity contribution in [1.29, 1.82) is 0 Å². The van der Waals surface area contributed by atoms with Gasteiger partial charge in [0, 0.05) is 17.8 Å². The number of aryl methyl sites for hydroxylation is 1. The highest BCUT2D eigenvalue weighted by atomic mass is 35.5. The molecular formula is C12H14ClN3. The van der Waals surface area contributed by atoms with Gasteiger partial charge in [0.15, 0.2) is 0 Å². The third-order valence-electron chi connectivity index (χ3n) is 2.42. The number of nitrogens with two attached hydrogens (primary N) is 1. The number of rotatable bonds is 2. The minimum atomic E-state index is 0.0652. The van der Waals surface area contributed by atoms with Crippen molar-refractivity contribution in [3.8, 4) is 0 Å². The highest BCUT2D eigenvalue weighted by Gasteiger charge is 2.08. The van der Waals surface area contributed by atoms with Crippen molar-refractivity contribution in [3.63, 3.8) is 0 Å². The smallest absolute Gasteiger partial charge is 0.223 e. The first-order valence-electron chi connectivity index (χ1n) is 5.24. The Morgan fingerprint density at radius 3 is 2.81 bits per heavy atom. The van der Waals surface area contributed by atoms with Crippen LogP contribution in [0.3, 0.4) is 0 Å². The Labute approximate surface area is 99.7 Å². The number of nitrogens with zero attached hydrogens (tertiary/aromatic N) is 2. The molecule has 16 heavy (non-hydrogen) atoms. The summed E-state index contributed by atoms with van der Waals surface area (Å²) in [6, 6.07) is 6.15. The topological polar surface area (TPSA) is 51.8 Å². The molecule has 1 aromatic heterocycles. The van der Waals surface area contributed by atoms with Crippen molar-refractivity contribution < 1.29 is 0 Å². The molecule has 0 bridgehead atoms. The van der Waals surface area contributed by atoms with Gasteiger partial charge in [0.1, 0.15) is 0 Å². The monoisotopic (exact) mass is 235 g/mol. The first-order chi connectivity index (χ1) is 7.56. The Balaban J connectivity index is 2.63. The molecule has 0 amide bonds. The van der Waals surface area contributed by atoms with Crippen LogP contribution in [-0.4, -0.2) is 16.0 Å². The molecule has 0 aliphatic rings. The Hall–Kier alpha value is -1.19. The minimum Gasteiger partial charge on any atom is -0.328 e. The third-order valence-corrected chi connectivity index (χ3v) is 2.59. The molecule has 84 valence electrons. The van der Waals surface area contributed by atoms with Crippen LogP contribution < -0.4 is 5.73 Å². The Kier molecular flexibility index (Phi) is 3.08. The van der Waals surface area contributed by atoms with Crippen LogP contribution in [0.5, 0.6) is 0 Å². The standard InChI is InChI=1S/C12H14ClN3/c1-7-3-4-9-10(5-7)15-12(13)16-11(9)6-8(2)14/h3-5,8H,6,14H2,1-2H3. The van der Waals surface area contributed by atoms with E-state index in [9.17, 15) is 0 Å². The van der Waals surface area contributed by atoms with Crippen LogP contribution in [0.1, 0.15) is 18.2 Å². The van der Waals surface area contributed by atoms with Crippen LogP contribution in [0.25, 0.3) is 10.9 Å². The van der Waals surface area contributed by atoms with Crippen LogP contribution in [-0.2, 0) is 6.42 Å². The molecule has 4 heteroatoms. The number of fused-ring (bicyclic) bond motifs is 1. The normalized spacial score (nSPS) is 13.0. The molecule has 3 nitrogen and oxygen atoms in total. The van der Waals surface area contributed by atoms with E-state index in [0.29, 0.717) is 6.42 Å². The molecule has 0 aliphatic heterocycles. The first-order valence-corrected chi connectivity index (χ1v) is 5.62. The van der Waals surface area contributed by atoms with Crippen LogP contribution >= 0.6 is 11.6 Å². The van der Waals surface area contributed by atoms with Gasteiger partial charge >= 0.3 is 0 Å². The first kappa shape index (κ1) is 11.3. The van der Waals surface area contributed by atoms with E-state index in [0.717, 1.165) is 22.2 Å². The predicted octanol–water partition coefficient (Wildman–Crippen LogP) is 2.48. The maximum atomic E-state index is 5.90. The van der Waals surface area contributed by atoms with E-state index >= 15 is 0 Å². The van der Waals surface area contributed by atoms with Crippen molar-refractivity contribution in [2.24, 2.45) is 5.73 Å². The fourth-order valence-electron chi connectivity index (χ4n) is 1.73. The Morgan fingerprint density at radius 2 is 2.12 bits per heavy atom. The molecule has 1 heterocycles. The van der Waals surface area contributed by atoms with Gasteiger partial charge in [-0.1, -0.05) is 12.1 Å². The van der Waals surface area contributed by atoms with E-state index in [-0.39, 0.29) is 11.3 Å². The lowest BCUT2D eigenvalue weighted by atomic mass is 10.1. The van der Waals surface area contributed by atoms with Gasteiger partial charge in [-0.25, -0.2) is 9.97 Å². The van der Waals surface area contributed by atoms with Gasteiger partial charge in [0.25, 0.3) is 0 Å². The molecule has 0 spiro atoms. The SMILES string of the molecule is Cc1ccc2c(CC(C)N)nc(Cl)nc2c1. The highest BCUT2D eigenvalue weighted by Crippen LogP contribution is 2.20. The van der Waals surface area contributed by atoms with Gasteiger partial charge < -0.3 is 5.73 Å². The Bertz CT molecular complexity index is 518. The van der Waals surface area contributed by atoms with E-state index in [1.54, 1.807) is 0 Å². The molecule has 0 aliphatic carbocycles. The maximum Gasteiger partial charge on any atom is 0.223 e. The van der Waals surface area contributed by atoms with Crippen molar-refractivity contribution in [1.82, 2.24) is 9.97 Å². The summed E-state index contributed by atoms with van der Waals surface area (Å²) in [4.78, 5) is 8.46. The quantitative estimate of drug-likeness (QED) is 0.814. The van der Waals surface area contributed by atoms with Crippen molar-refractivity contribution >= 4 is 22.5 Å². The molecule has 0 fully saturated rings. The van der Waals surface area contributed by atoms with Crippen LogP contribution in [0.4, 0.5) is 0 Å². The van der Waals surface area contributed by atoms with Crippen molar-refractivity contribution in [2.75, 3.05) is 0 Å². The summed E-state index contributed by atoms with van der Waals surface area (Å²) >= 11 is 5.90. The van der Waals surface area contributed by atoms with E-state index in [1.807, 2.05) is 32.0 Å². The van der Waals surface area contributed by atoms with Crippen molar-refractivity contribution in [2.45, 2.75) is 26.3 Å². The lowest BCUT2D eigenvalue weighted by Gasteiger charge is -2.08. The van der Waals surface area contributed by atoms with Crippen LogP contribution in [0.15, 0.2) is 18.2 Å². The fraction of sp³-hybridized carbons (Fsp3) is 0.333. The summed E-state index contributed by atoms with van der Waals surface area (Å²) in [6.07, 6.45) is 0.710. The number of hydrogen-bond donors (Lipinski definition) is 1. The molecule has 2 rings (SSSR count). The summed E-state index contributed by atoms with van der Waals surface area (Å²) in [5, 5.41) is 1.32. The van der Waals surface area contributed by atoms with Gasteiger partial charge in [-0.3, -0.25) is 0 Å². The second kappa shape index (κ2) is 4.36. The molecular weight excluding hydrogens is 222 g/mol. The average Bonchev–Trinajstić information content (AvgIpc) is 2.15. The van der Waals surface area contributed by atoms with Crippen LogP contribution in [0.2, 0.25) is 5.28 Å². The molecule has 2 aromatic rings. The van der Waals surface area contributed by atoms with E-state index < -0.39 is 0 Å². The second-order valence-electron chi connectivity index (χ2n) is 4.14. The predicted molar refractivity (Wildman–Crippen MR) is 66.6 cm³/mol. The second-order valence-corrected chi connectivity index (χ2v) is 4.48. The molecule has 0 saturated carbocycles. The maximum absolute atomic E-state index is 5.90. The van der Waals surface area contributed by atoms with Gasteiger partial charge in [-0.05, 0) is 37.1 Å². The molecule has 2 N–H and O–H groups in total. The fourth-order valence-corrected chi connectivity index (χ4v) is 1.93. The molecule has 1 unspecified atom stereocenters. The zero-order chi connectivity index (χ0) is 11.7. The Morgan fingerprint density at radius 1 is 1.38 bits per heavy atom. The van der Waals surface area contributed by atoms with Crippen LogP contribution in [0, 0.1) is 6.92 Å². The number of benzene rings is 1. The van der Waals surface area contributed by atoms with E-state index in [2.05, 4.69) is 9.97 Å². The largest absolute Gasteiger partial charge is 0.328 e. The molecule has 1 aromatic carbocycles. The zero-order valence-corrected chi connectivity index (χ0v) is 10.1. The lowest BCUT2D eigenvalue weighted by molar-refractivity contribution is 0.725. The van der Waals surface area contributed by atoms with Crippen molar-refractivity contribution in [3.05, 3.63) is 34.7 Å². The molecule has 0 saturated heterocycles. The van der Waals surface area contributed by atoms with Gasteiger partial charge in [-0.15, -0.1) is 0 Å². The highest BCUT2D eigenvalue weighted by molar-refractivity contribution is 6.28. The van der Waals surface area contributed by atoms with Gasteiger partial charge in [0.2, 0.25) is 5.28 Å². The third kappa shape index (κ3) is 2.31. The number of hydrogen-bond acceptors (Lipinski definition) is 3. The summed E-state index contributed by atoms with van der Waals surface area (Å²) in [6.45, 7) is 3.98. The zero-order valence-electron chi connectivity index (χ0n) is 9.37. The van der Waals surface area contributed by atoms with E-state index in [1.165, 1.54) is 0 Å². The van der Waals surface area contributed by atoms with E-state index in [4.69, 9.17) is 17.3 Å². The molecule has 1 atom stereocenters.